The maximum Gasteiger partial charge on any atom is 0.311 e. The molecule has 0 saturated carbocycles. The minimum absolute atomic E-state index is 0.184. The van der Waals surface area contributed by atoms with Crippen LogP contribution in [0.5, 0.6) is 0 Å². The summed E-state index contributed by atoms with van der Waals surface area (Å²) in [5, 5.41) is 0. The zero-order valence-corrected chi connectivity index (χ0v) is 8.27. The van der Waals surface area contributed by atoms with Crippen LogP contribution < -0.4 is 0 Å². The Morgan fingerprint density at radius 1 is 1.50 bits per heavy atom. The summed E-state index contributed by atoms with van der Waals surface area (Å²) in [6.07, 6.45) is 1.55. The van der Waals surface area contributed by atoms with E-state index in [1.165, 1.54) is 6.26 Å². The van der Waals surface area contributed by atoms with Crippen molar-refractivity contribution in [3.63, 3.8) is 0 Å². The molecule has 1 aromatic carbocycles. The van der Waals surface area contributed by atoms with E-state index >= 15 is 0 Å². The molecule has 0 N–H and O–H groups in total. The van der Waals surface area contributed by atoms with E-state index in [0.29, 0.717) is 6.42 Å². The maximum atomic E-state index is 11.1. The summed E-state index contributed by atoms with van der Waals surface area (Å²) < 4.78 is 4.66. The zero-order chi connectivity index (χ0) is 10.4. The average Bonchev–Trinajstić information content (AvgIpc) is 2.19. The highest BCUT2D eigenvalue weighted by Gasteiger charge is 2.10. The second-order valence-electron chi connectivity index (χ2n) is 3.17. The number of carbonyl (C=O) groups excluding carboxylic acids is 1. The molecule has 0 saturated heterocycles. The summed E-state index contributed by atoms with van der Waals surface area (Å²) in [5.41, 5.74) is 1.15. The first-order valence-corrected chi connectivity index (χ1v) is 4.59. The topological polar surface area (TPSA) is 26.3 Å². The predicted octanol–water partition coefficient (Wildman–Crippen LogP) is 2.87. The second kappa shape index (κ2) is 5.22. The Hall–Kier alpha value is -1.57. The van der Waals surface area contributed by atoms with Gasteiger partial charge in [-0.05, 0) is 11.5 Å². The summed E-state index contributed by atoms with van der Waals surface area (Å²) in [7, 11) is 0. The Bertz CT molecular complexity index is 303. The fourth-order valence-electron chi connectivity index (χ4n) is 1.29. The van der Waals surface area contributed by atoms with E-state index in [1.807, 2.05) is 37.3 Å². The van der Waals surface area contributed by atoms with Crippen LogP contribution in [0.1, 0.15) is 24.8 Å². The Labute approximate surface area is 84.2 Å². The van der Waals surface area contributed by atoms with Crippen LogP contribution in [-0.4, -0.2) is 5.97 Å². The quantitative estimate of drug-likeness (QED) is 0.539. The van der Waals surface area contributed by atoms with Crippen molar-refractivity contribution in [1.82, 2.24) is 0 Å². The van der Waals surface area contributed by atoms with Crippen LogP contribution in [0, 0.1) is 0 Å². The van der Waals surface area contributed by atoms with Crippen LogP contribution in [0.25, 0.3) is 0 Å². The number of rotatable bonds is 4. The molecule has 0 fully saturated rings. The number of carbonyl (C=O) groups is 1. The van der Waals surface area contributed by atoms with Gasteiger partial charge in [-0.15, -0.1) is 0 Å². The zero-order valence-electron chi connectivity index (χ0n) is 8.27. The molecule has 0 spiro atoms. The fourth-order valence-corrected chi connectivity index (χ4v) is 1.29. The molecule has 0 bridgehead atoms. The molecule has 74 valence electrons. The number of hydrogen-bond acceptors (Lipinski definition) is 2. The molecule has 0 aliphatic carbocycles. The normalized spacial score (nSPS) is 11.8. The van der Waals surface area contributed by atoms with Crippen LogP contribution in [-0.2, 0) is 9.53 Å². The van der Waals surface area contributed by atoms with Gasteiger partial charge in [0.15, 0.2) is 0 Å². The van der Waals surface area contributed by atoms with E-state index < -0.39 is 0 Å². The minimum Gasteiger partial charge on any atom is -0.435 e. The molecule has 0 heterocycles. The Morgan fingerprint density at radius 2 is 2.14 bits per heavy atom. The Morgan fingerprint density at radius 3 is 2.71 bits per heavy atom. The van der Waals surface area contributed by atoms with Crippen molar-refractivity contribution in [3.05, 3.63) is 48.7 Å². The number of ether oxygens (including phenoxy) is 1. The monoisotopic (exact) mass is 190 g/mol. The number of hydrogen-bond donors (Lipinski definition) is 0. The lowest BCUT2D eigenvalue weighted by molar-refractivity contribution is -0.138. The molecular weight excluding hydrogens is 176 g/mol. The molecule has 0 aromatic heterocycles. The predicted molar refractivity (Wildman–Crippen MR) is 55.8 cm³/mol. The lowest BCUT2D eigenvalue weighted by atomic mass is 9.98. The molecule has 1 unspecified atom stereocenters. The molecule has 0 aliphatic heterocycles. The first-order valence-electron chi connectivity index (χ1n) is 4.59. The lowest BCUT2D eigenvalue weighted by Gasteiger charge is -2.09. The van der Waals surface area contributed by atoms with Crippen LogP contribution >= 0.6 is 0 Å². The minimum atomic E-state index is -0.239. The molecule has 1 atom stereocenters. The smallest absolute Gasteiger partial charge is 0.311 e. The third-order valence-corrected chi connectivity index (χ3v) is 2.06. The highest BCUT2D eigenvalue weighted by Crippen LogP contribution is 2.18. The van der Waals surface area contributed by atoms with Crippen molar-refractivity contribution in [3.8, 4) is 0 Å². The van der Waals surface area contributed by atoms with E-state index in [-0.39, 0.29) is 11.9 Å². The average molecular weight is 190 g/mol. The summed E-state index contributed by atoms with van der Waals surface area (Å²) in [5.74, 6) is -0.0556. The van der Waals surface area contributed by atoms with Crippen molar-refractivity contribution < 1.29 is 9.53 Å². The first kappa shape index (κ1) is 10.5. The summed E-state index contributed by atoms with van der Waals surface area (Å²) in [6, 6.07) is 9.89. The van der Waals surface area contributed by atoms with E-state index in [9.17, 15) is 4.79 Å². The summed E-state index contributed by atoms with van der Waals surface area (Å²) in [6.45, 7) is 5.34. The fraction of sp³-hybridized carbons (Fsp3) is 0.250. The number of benzene rings is 1. The lowest BCUT2D eigenvalue weighted by Crippen LogP contribution is -2.05. The van der Waals surface area contributed by atoms with Crippen LogP contribution in [0.2, 0.25) is 0 Å². The molecule has 0 radical (unpaired) electrons. The van der Waals surface area contributed by atoms with Gasteiger partial charge in [0.25, 0.3) is 0 Å². The van der Waals surface area contributed by atoms with Gasteiger partial charge in [-0.3, -0.25) is 4.79 Å². The van der Waals surface area contributed by atoms with Crippen molar-refractivity contribution in [1.29, 1.82) is 0 Å². The Balaban J connectivity index is 2.54. The van der Waals surface area contributed by atoms with Crippen LogP contribution in [0.3, 0.4) is 0 Å². The van der Waals surface area contributed by atoms with Crippen molar-refractivity contribution in [2.45, 2.75) is 19.3 Å². The van der Waals surface area contributed by atoms with Crippen LogP contribution in [0.15, 0.2) is 43.2 Å². The van der Waals surface area contributed by atoms with Crippen molar-refractivity contribution in [2.24, 2.45) is 0 Å². The maximum absolute atomic E-state index is 11.1. The van der Waals surface area contributed by atoms with Gasteiger partial charge in [0.05, 0.1) is 12.7 Å². The molecule has 0 amide bonds. The highest BCUT2D eigenvalue weighted by atomic mass is 16.5. The second-order valence-corrected chi connectivity index (χ2v) is 3.17. The standard InChI is InChI=1S/C12H14O2/c1-3-14-12(13)9-10(2)11-7-5-4-6-8-11/h3-8,10H,1,9H2,2H3. The van der Waals surface area contributed by atoms with E-state index in [1.54, 1.807) is 0 Å². The Kier molecular flexibility index (Phi) is 3.92. The van der Waals surface area contributed by atoms with E-state index in [2.05, 4.69) is 11.3 Å². The molecule has 2 nitrogen and oxygen atoms in total. The third-order valence-electron chi connectivity index (χ3n) is 2.06. The molecular formula is C12H14O2. The van der Waals surface area contributed by atoms with Gasteiger partial charge in [0.1, 0.15) is 0 Å². The molecule has 14 heavy (non-hydrogen) atoms. The SMILES string of the molecule is C=COC(=O)CC(C)c1ccccc1. The largest absolute Gasteiger partial charge is 0.435 e. The molecule has 1 aromatic rings. The van der Waals surface area contributed by atoms with Gasteiger partial charge in [-0.1, -0.05) is 43.8 Å². The van der Waals surface area contributed by atoms with Gasteiger partial charge in [-0.25, -0.2) is 0 Å². The number of esters is 1. The van der Waals surface area contributed by atoms with Gasteiger partial charge in [0.2, 0.25) is 0 Å². The van der Waals surface area contributed by atoms with E-state index in [0.717, 1.165) is 5.56 Å². The van der Waals surface area contributed by atoms with Gasteiger partial charge in [-0.2, -0.15) is 0 Å². The van der Waals surface area contributed by atoms with Gasteiger partial charge < -0.3 is 4.74 Å². The molecule has 0 aliphatic rings. The molecule has 2 heteroatoms. The third kappa shape index (κ3) is 3.05. The molecule has 1 rings (SSSR count). The van der Waals surface area contributed by atoms with Gasteiger partial charge >= 0.3 is 5.97 Å². The summed E-state index contributed by atoms with van der Waals surface area (Å²) >= 11 is 0. The highest BCUT2D eigenvalue weighted by molar-refractivity contribution is 5.71. The van der Waals surface area contributed by atoms with Crippen LogP contribution in [0.4, 0.5) is 0 Å². The van der Waals surface area contributed by atoms with Crippen molar-refractivity contribution >= 4 is 5.97 Å². The summed E-state index contributed by atoms with van der Waals surface area (Å²) in [4.78, 5) is 11.1. The van der Waals surface area contributed by atoms with Gasteiger partial charge in [0, 0.05) is 0 Å². The van der Waals surface area contributed by atoms with Crippen molar-refractivity contribution in [2.75, 3.05) is 0 Å². The van der Waals surface area contributed by atoms with E-state index in [4.69, 9.17) is 0 Å². The first-order chi connectivity index (χ1) is 6.74.